The second-order valence-corrected chi connectivity index (χ2v) is 6.43. The Labute approximate surface area is 137 Å². The highest BCUT2D eigenvalue weighted by Gasteiger charge is 2.29. The summed E-state index contributed by atoms with van der Waals surface area (Å²) in [5.41, 5.74) is 0. The molecule has 0 bridgehead atoms. The van der Waals surface area contributed by atoms with E-state index in [0.717, 1.165) is 32.1 Å². The molecule has 23 heavy (non-hydrogen) atoms. The van der Waals surface area contributed by atoms with Crippen LogP contribution in [0.25, 0.3) is 0 Å². The Balaban J connectivity index is 1.99. The van der Waals surface area contributed by atoms with Gasteiger partial charge in [-0.25, -0.2) is 0 Å². The van der Waals surface area contributed by atoms with Crippen LogP contribution in [0.4, 0.5) is 5.82 Å². The van der Waals surface area contributed by atoms with Crippen LogP contribution in [-0.4, -0.2) is 34.5 Å². The molecule has 2 rings (SSSR count). The third kappa shape index (κ3) is 4.81. The molecule has 2 amide bonds. The lowest BCUT2D eigenvalue weighted by Crippen LogP contribution is -2.46. The zero-order valence-corrected chi connectivity index (χ0v) is 14.3. The summed E-state index contributed by atoms with van der Waals surface area (Å²) in [6.45, 7) is 5.86. The number of carbonyl (C=O) groups is 2. The molecule has 1 heterocycles. The summed E-state index contributed by atoms with van der Waals surface area (Å²) >= 11 is 0. The fourth-order valence-electron chi connectivity index (χ4n) is 3.02. The maximum Gasteiger partial charge on any atom is 0.245 e. The van der Waals surface area contributed by atoms with Gasteiger partial charge in [-0.05, 0) is 33.1 Å². The van der Waals surface area contributed by atoms with Crippen molar-refractivity contribution in [2.45, 2.75) is 65.3 Å². The van der Waals surface area contributed by atoms with Crippen molar-refractivity contribution in [2.75, 3.05) is 11.9 Å². The van der Waals surface area contributed by atoms with Crippen LogP contribution >= 0.6 is 0 Å². The molecule has 1 aliphatic carbocycles. The normalized spacial score (nSPS) is 16.8. The first-order valence-corrected chi connectivity index (χ1v) is 8.55. The number of carbonyl (C=O) groups excluding carboxylic acids is 2. The van der Waals surface area contributed by atoms with Gasteiger partial charge in [0, 0.05) is 18.0 Å². The SMILES string of the molecule is CC[C@H](C)N(CC(=O)Nc1cc(C)on1)C(=O)C1CCCCC1. The highest BCUT2D eigenvalue weighted by Crippen LogP contribution is 2.26. The van der Waals surface area contributed by atoms with Crippen molar-refractivity contribution in [1.82, 2.24) is 10.1 Å². The Morgan fingerprint density at radius 2 is 2.09 bits per heavy atom. The van der Waals surface area contributed by atoms with Gasteiger partial charge in [0.2, 0.25) is 11.8 Å². The Bertz CT molecular complexity index is 535. The predicted molar refractivity (Wildman–Crippen MR) is 87.9 cm³/mol. The smallest absolute Gasteiger partial charge is 0.245 e. The number of hydrogen-bond acceptors (Lipinski definition) is 4. The Kier molecular flexibility index (Phi) is 6.19. The van der Waals surface area contributed by atoms with Gasteiger partial charge in [-0.2, -0.15) is 0 Å². The first-order valence-electron chi connectivity index (χ1n) is 8.55. The minimum absolute atomic E-state index is 0.0502. The van der Waals surface area contributed by atoms with Crippen LogP contribution in [-0.2, 0) is 9.59 Å². The second kappa shape index (κ2) is 8.13. The van der Waals surface area contributed by atoms with E-state index in [2.05, 4.69) is 10.5 Å². The van der Waals surface area contributed by atoms with Gasteiger partial charge in [0.1, 0.15) is 12.3 Å². The average Bonchev–Trinajstić information content (AvgIpc) is 2.97. The Morgan fingerprint density at radius 3 is 2.65 bits per heavy atom. The number of aryl methyl sites for hydroxylation is 1. The summed E-state index contributed by atoms with van der Waals surface area (Å²) in [5.74, 6) is 0.979. The molecule has 0 aromatic carbocycles. The fourth-order valence-corrected chi connectivity index (χ4v) is 3.02. The summed E-state index contributed by atoms with van der Waals surface area (Å²) in [7, 11) is 0. The Hall–Kier alpha value is -1.85. The lowest BCUT2D eigenvalue weighted by molar-refractivity contribution is -0.141. The summed E-state index contributed by atoms with van der Waals surface area (Å²) in [6, 6.07) is 1.71. The van der Waals surface area contributed by atoms with Gasteiger partial charge >= 0.3 is 0 Å². The molecular weight excluding hydrogens is 294 g/mol. The molecule has 1 fully saturated rings. The lowest BCUT2D eigenvalue weighted by Gasteiger charge is -2.32. The standard InChI is InChI=1S/C17H27N3O3/c1-4-12(2)20(17(22)14-8-6-5-7-9-14)11-16(21)18-15-10-13(3)23-19-15/h10,12,14H,4-9,11H2,1-3H3,(H,18,19,21)/t12-/m0/s1. The van der Waals surface area contributed by atoms with Crippen molar-refractivity contribution in [1.29, 1.82) is 0 Å². The minimum Gasteiger partial charge on any atom is -0.360 e. The minimum atomic E-state index is -0.234. The molecule has 1 aromatic heterocycles. The van der Waals surface area contributed by atoms with Crippen LogP contribution in [0.3, 0.4) is 0 Å². The number of aromatic nitrogens is 1. The largest absolute Gasteiger partial charge is 0.360 e. The first kappa shape index (κ1) is 17.5. The first-order chi connectivity index (χ1) is 11.0. The van der Waals surface area contributed by atoms with E-state index in [9.17, 15) is 9.59 Å². The van der Waals surface area contributed by atoms with Crippen molar-refractivity contribution in [3.05, 3.63) is 11.8 Å². The van der Waals surface area contributed by atoms with E-state index in [1.165, 1.54) is 6.42 Å². The third-order valence-electron chi connectivity index (χ3n) is 4.57. The summed E-state index contributed by atoms with van der Waals surface area (Å²) in [4.78, 5) is 26.8. The van der Waals surface area contributed by atoms with Crippen LogP contribution in [0, 0.1) is 12.8 Å². The molecule has 1 atom stereocenters. The molecule has 0 saturated heterocycles. The van der Waals surface area contributed by atoms with E-state index in [4.69, 9.17) is 4.52 Å². The fraction of sp³-hybridized carbons (Fsp3) is 0.706. The number of rotatable bonds is 6. The zero-order chi connectivity index (χ0) is 16.8. The highest BCUT2D eigenvalue weighted by molar-refractivity contribution is 5.94. The monoisotopic (exact) mass is 321 g/mol. The van der Waals surface area contributed by atoms with Crippen molar-refractivity contribution < 1.29 is 14.1 Å². The molecule has 0 aliphatic heterocycles. The van der Waals surface area contributed by atoms with Gasteiger partial charge in [-0.15, -0.1) is 0 Å². The van der Waals surface area contributed by atoms with E-state index in [1.807, 2.05) is 13.8 Å². The van der Waals surface area contributed by atoms with E-state index in [-0.39, 0.29) is 30.3 Å². The van der Waals surface area contributed by atoms with Gasteiger partial charge in [-0.3, -0.25) is 9.59 Å². The van der Waals surface area contributed by atoms with E-state index in [0.29, 0.717) is 11.6 Å². The number of nitrogens with zero attached hydrogens (tertiary/aromatic N) is 2. The van der Waals surface area contributed by atoms with Gasteiger partial charge in [0.25, 0.3) is 0 Å². The number of nitrogens with one attached hydrogen (secondary N) is 1. The predicted octanol–water partition coefficient (Wildman–Crippen LogP) is 3.13. The molecular formula is C17H27N3O3. The zero-order valence-electron chi connectivity index (χ0n) is 14.3. The molecule has 0 unspecified atom stereocenters. The quantitative estimate of drug-likeness (QED) is 0.873. The summed E-state index contributed by atoms with van der Waals surface area (Å²) < 4.78 is 4.94. The molecule has 1 aliphatic rings. The van der Waals surface area contributed by atoms with Crippen molar-refractivity contribution in [3.8, 4) is 0 Å². The van der Waals surface area contributed by atoms with Crippen LogP contribution < -0.4 is 5.32 Å². The Morgan fingerprint density at radius 1 is 1.39 bits per heavy atom. The summed E-state index contributed by atoms with van der Waals surface area (Å²) in [6.07, 6.45) is 6.13. The van der Waals surface area contributed by atoms with Crippen LogP contribution in [0.1, 0.15) is 58.1 Å². The molecule has 1 N–H and O–H groups in total. The maximum atomic E-state index is 12.8. The second-order valence-electron chi connectivity index (χ2n) is 6.43. The van der Waals surface area contributed by atoms with Crippen molar-refractivity contribution >= 4 is 17.6 Å². The molecule has 0 spiro atoms. The number of amides is 2. The van der Waals surface area contributed by atoms with Crippen LogP contribution in [0.5, 0.6) is 0 Å². The molecule has 1 aromatic rings. The highest BCUT2D eigenvalue weighted by atomic mass is 16.5. The molecule has 6 heteroatoms. The third-order valence-corrected chi connectivity index (χ3v) is 4.57. The van der Waals surface area contributed by atoms with Crippen molar-refractivity contribution in [3.63, 3.8) is 0 Å². The van der Waals surface area contributed by atoms with E-state index in [1.54, 1.807) is 17.9 Å². The number of anilines is 1. The lowest BCUT2D eigenvalue weighted by atomic mass is 9.88. The van der Waals surface area contributed by atoms with Gasteiger partial charge in [0.05, 0.1) is 0 Å². The summed E-state index contributed by atoms with van der Waals surface area (Å²) in [5, 5.41) is 6.44. The average molecular weight is 321 g/mol. The van der Waals surface area contributed by atoms with Crippen molar-refractivity contribution in [2.24, 2.45) is 5.92 Å². The molecule has 1 saturated carbocycles. The molecule has 0 radical (unpaired) electrons. The van der Waals surface area contributed by atoms with Gasteiger partial charge < -0.3 is 14.7 Å². The van der Waals surface area contributed by atoms with Crippen LogP contribution in [0.15, 0.2) is 10.6 Å². The van der Waals surface area contributed by atoms with E-state index < -0.39 is 0 Å². The molecule has 6 nitrogen and oxygen atoms in total. The van der Waals surface area contributed by atoms with Crippen LogP contribution in [0.2, 0.25) is 0 Å². The molecule has 128 valence electrons. The number of hydrogen-bond donors (Lipinski definition) is 1. The van der Waals surface area contributed by atoms with Gasteiger partial charge in [0.15, 0.2) is 5.82 Å². The topological polar surface area (TPSA) is 75.4 Å². The maximum absolute atomic E-state index is 12.8. The van der Waals surface area contributed by atoms with E-state index >= 15 is 0 Å². The van der Waals surface area contributed by atoms with Gasteiger partial charge in [-0.1, -0.05) is 31.3 Å².